The van der Waals surface area contributed by atoms with Gasteiger partial charge in [-0.05, 0) is 20.8 Å². The molecular weight excluding hydrogens is 573 g/mol. The van der Waals surface area contributed by atoms with Crippen LogP contribution in [-0.4, -0.2) is 91.4 Å². The van der Waals surface area contributed by atoms with Crippen molar-refractivity contribution in [2.75, 3.05) is 13.1 Å². The van der Waals surface area contributed by atoms with E-state index in [-0.39, 0.29) is 12.6 Å². The van der Waals surface area contributed by atoms with Crippen LogP contribution in [0.3, 0.4) is 0 Å². The molecule has 1 fully saturated rings. The zero-order valence-corrected chi connectivity index (χ0v) is 25.2. The van der Waals surface area contributed by atoms with E-state index in [0.29, 0.717) is 40.4 Å². The Balaban J connectivity index is 1.39. The Labute approximate surface area is 238 Å². The number of fused-ring (bicyclic) bond motifs is 1. The van der Waals surface area contributed by atoms with Gasteiger partial charge in [0.2, 0.25) is 0 Å². The van der Waals surface area contributed by atoms with Crippen molar-refractivity contribution in [3.05, 3.63) is 42.5 Å². The zero-order chi connectivity index (χ0) is 28.6. The van der Waals surface area contributed by atoms with Gasteiger partial charge in [-0.25, -0.2) is 0 Å². The standard InChI is InChI=1S/C27H32AsN9O3/c1-16(2)28-20-9-24(37-25-18(12-32-37)8-17(10-29)11-31-25)30-13-19(20)21-14-36(34-33-21)22-6-7-35(15-23(22)38)26(39)40-27(3,4)5/h8-9,11-14,16,22-23,28,38H,6-7,15H2,1-5H3. The van der Waals surface area contributed by atoms with Crippen LogP contribution in [0.15, 0.2) is 36.9 Å². The second-order valence-corrected chi connectivity index (χ2v) is 15.3. The van der Waals surface area contributed by atoms with Crippen LogP contribution in [0.2, 0.25) is 4.71 Å². The number of rotatable bonds is 5. The molecule has 0 spiro atoms. The number of carbonyl (C=O) groups is 1. The van der Waals surface area contributed by atoms with Crippen LogP contribution >= 0.6 is 0 Å². The summed E-state index contributed by atoms with van der Waals surface area (Å²) in [5.41, 5.74) is 2.10. The number of amides is 1. The van der Waals surface area contributed by atoms with Gasteiger partial charge in [0.15, 0.2) is 0 Å². The topological polar surface area (TPSA) is 148 Å². The molecule has 0 bridgehead atoms. The van der Waals surface area contributed by atoms with Crippen LogP contribution < -0.4 is 4.35 Å². The Morgan fingerprint density at radius 2 is 2.02 bits per heavy atom. The van der Waals surface area contributed by atoms with Crippen molar-refractivity contribution in [3.8, 4) is 23.1 Å². The fraction of sp³-hybridized carbons (Fsp3) is 0.444. The summed E-state index contributed by atoms with van der Waals surface area (Å²) in [5, 5.41) is 34.1. The van der Waals surface area contributed by atoms with Gasteiger partial charge < -0.3 is 0 Å². The van der Waals surface area contributed by atoms with E-state index in [4.69, 9.17) is 4.74 Å². The number of nitriles is 1. The molecule has 0 aliphatic carbocycles. The molecule has 3 atom stereocenters. The monoisotopic (exact) mass is 605 g/mol. The quantitative estimate of drug-likeness (QED) is 0.339. The van der Waals surface area contributed by atoms with E-state index < -0.39 is 33.6 Å². The first kappa shape index (κ1) is 27.7. The average molecular weight is 606 g/mol. The molecule has 1 saturated heterocycles. The summed E-state index contributed by atoms with van der Waals surface area (Å²) >= 11 is -0.557. The van der Waals surface area contributed by atoms with Crippen molar-refractivity contribution in [3.63, 3.8) is 0 Å². The van der Waals surface area contributed by atoms with Crippen molar-refractivity contribution in [2.45, 2.75) is 63.5 Å². The molecule has 4 aromatic rings. The predicted molar refractivity (Wildman–Crippen MR) is 150 cm³/mol. The Kier molecular flexibility index (Phi) is 7.62. The number of piperidine rings is 1. The molecule has 0 saturated carbocycles. The molecule has 40 heavy (non-hydrogen) atoms. The first-order chi connectivity index (χ1) is 19.0. The number of aliphatic hydroxyl groups is 1. The van der Waals surface area contributed by atoms with Crippen LogP contribution in [0.1, 0.15) is 52.6 Å². The summed E-state index contributed by atoms with van der Waals surface area (Å²) in [6, 6.07) is 5.59. The van der Waals surface area contributed by atoms with Gasteiger partial charge in [0, 0.05) is 0 Å². The average Bonchev–Trinajstić information content (AvgIpc) is 3.54. The van der Waals surface area contributed by atoms with Gasteiger partial charge in [-0.1, -0.05) is 0 Å². The predicted octanol–water partition coefficient (Wildman–Crippen LogP) is 2.38. The third-order valence-electron chi connectivity index (χ3n) is 6.41. The first-order valence-electron chi connectivity index (χ1n) is 13.1. The number of aliphatic hydroxyl groups excluding tert-OH is 1. The van der Waals surface area contributed by atoms with Crippen LogP contribution in [0.4, 0.5) is 4.79 Å². The second-order valence-electron chi connectivity index (χ2n) is 11.1. The summed E-state index contributed by atoms with van der Waals surface area (Å²) in [6.07, 6.45) is 6.15. The molecule has 1 aliphatic rings. The molecule has 208 valence electrons. The Hall–Kier alpha value is -3.81. The molecule has 0 aromatic carbocycles. The van der Waals surface area contributed by atoms with E-state index in [1.807, 2.05) is 33.0 Å². The number of hydrogen-bond acceptors (Lipinski definition) is 9. The van der Waals surface area contributed by atoms with Gasteiger partial charge >= 0.3 is 218 Å². The van der Waals surface area contributed by atoms with E-state index in [1.165, 1.54) is 11.1 Å². The fourth-order valence-electron chi connectivity index (χ4n) is 4.63. The minimum absolute atomic E-state index is 0.164. The molecule has 12 nitrogen and oxygen atoms in total. The van der Waals surface area contributed by atoms with Gasteiger partial charge in [0.1, 0.15) is 0 Å². The molecule has 1 N–H and O–H groups in total. The number of likely N-dealkylation sites (tertiary alicyclic amines) is 1. The van der Waals surface area contributed by atoms with Crippen LogP contribution in [0.5, 0.6) is 0 Å². The minimum atomic E-state index is -0.804. The number of nitrogens with zero attached hydrogens (tertiary/aromatic N) is 9. The van der Waals surface area contributed by atoms with E-state index in [2.05, 4.69) is 45.3 Å². The van der Waals surface area contributed by atoms with E-state index in [9.17, 15) is 15.2 Å². The summed E-state index contributed by atoms with van der Waals surface area (Å²) in [6.45, 7) is 10.5. The van der Waals surface area contributed by atoms with Gasteiger partial charge in [-0.15, -0.1) is 0 Å². The fourth-order valence-corrected chi connectivity index (χ4v) is 7.11. The van der Waals surface area contributed by atoms with Gasteiger partial charge in [-0.2, -0.15) is 0 Å². The molecule has 13 heteroatoms. The number of aromatic nitrogens is 7. The van der Waals surface area contributed by atoms with Crippen molar-refractivity contribution in [1.82, 2.24) is 39.6 Å². The van der Waals surface area contributed by atoms with Crippen molar-refractivity contribution in [2.24, 2.45) is 0 Å². The second kappa shape index (κ2) is 11.0. The normalized spacial score (nSPS) is 18.1. The molecule has 5 rings (SSSR count). The molecule has 3 unspecified atom stereocenters. The van der Waals surface area contributed by atoms with Crippen molar-refractivity contribution >= 4 is 37.2 Å². The van der Waals surface area contributed by atoms with Gasteiger partial charge in [0.05, 0.1) is 0 Å². The summed E-state index contributed by atoms with van der Waals surface area (Å²) in [7, 11) is 0. The number of hydrogen-bond donors (Lipinski definition) is 1. The van der Waals surface area contributed by atoms with Crippen LogP contribution in [0.25, 0.3) is 28.1 Å². The number of carbonyl (C=O) groups excluding carboxylic acids is 1. The number of β-amino-alcohol motifs (C(OH)–C–C–N with tert-alkyl or cyclic N) is 1. The zero-order valence-electron chi connectivity index (χ0n) is 23.1. The Morgan fingerprint density at radius 1 is 1.23 bits per heavy atom. The summed E-state index contributed by atoms with van der Waals surface area (Å²) < 4.78 is 10.5. The maximum atomic E-state index is 12.5. The van der Waals surface area contributed by atoms with Crippen LogP contribution in [0, 0.1) is 11.3 Å². The van der Waals surface area contributed by atoms with Crippen LogP contribution in [-0.2, 0) is 4.74 Å². The third-order valence-corrected chi connectivity index (χ3v) is 9.14. The van der Waals surface area contributed by atoms with E-state index in [0.717, 1.165) is 15.3 Å². The molecule has 5 heterocycles. The Bertz CT molecular complexity index is 1580. The van der Waals surface area contributed by atoms with Crippen molar-refractivity contribution in [1.29, 1.82) is 5.26 Å². The van der Waals surface area contributed by atoms with Crippen molar-refractivity contribution < 1.29 is 14.6 Å². The molecule has 1 aliphatic heterocycles. The first-order valence-corrected chi connectivity index (χ1v) is 15.4. The molecular formula is C27H32AsN9O3. The molecule has 0 radical (unpaired) electrons. The molecule has 1 amide bonds. The SMILES string of the molecule is CC(C)[AsH]c1cc(-n2ncc3cc(C#N)cnc32)ncc1-c1cn(C2CCN(C(=O)OC(C)(C)C)CC2O)nn1. The van der Waals surface area contributed by atoms with E-state index in [1.54, 1.807) is 27.8 Å². The van der Waals surface area contributed by atoms with Gasteiger partial charge in [-0.3, -0.25) is 0 Å². The summed E-state index contributed by atoms with van der Waals surface area (Å²) in [5.74, 6) is 0.646. The summed E-state index contributed by atoms with van der Waals surface area (Å²) in [4.78, 5) is 23.1. The Morgan fingerprint density at radius 3 is 2.73 bits per heavy atom. The molecule has 4 aromatic heterocycles. The third kappa shape index (κ3) is 5.86. The van der Waals surface area contributed by atoms with E-state index >= 15 is 0 Å². The number of ether oxygens (including phenoxy) is 1. The number of pyridine rings is 2. The maximum absolute atomic E-state index is 12.5. The van der Waals surface area contributed by atoms with Gasteiger partial charge in [0.25, 0.3) is 0 Å².